The van der Waals surface area contributed by atoms with E-state index in [1.165, 1.54) is 21.9 Å². The molecule has 0 bridgehead atoms. The molecule has 15 heavy (non-hydrogen) atoms. The fourth-order valence-electron chi connectivity index (χ4n) is 2.15. The van der Waals surface area contributed by atoms with Crippen molar-refractivity contribution >= 4 is 10.8 Å². The van der Waals surface area contributed by atoms with Crippen molar-refractivity contribution in [3.8, 4) is 0 Å². The van der Waals surface area contributed by atoms with E-state index in [0.717, 1.165) is 12.8 Å². The molecule has 0 unspecified atom stereocenters. The molecule has 0 heterocycles. The van der Waals surface area contributed by atoms with E-state index in [1.807, 2.05) is 6.08 Å². The van der Waals surface area contributed by atoms with Crippen molar-refractivity contribution in [1.82, 2.24) is 0 Å². The van der Waals surface area contributed by atoms with Crippen molar-refractivity contribution in [2.24, 2.45) is 0 Å². The van der Waals surface area contributed by atoms with Gasteiger partial charge in [0.05, 0.1) is 0 Å². The van der Waals surface area contributed by atoms with Crippen LogP contribution >= 0.6 is 0 Å². The molecular formula is C15H16. The molecule has 0 N–H and O–H groups in total. The van der Waals surface area contributed by atoms with E-state index >= 15 is 0 Å². The van der Waals surface area contributed by atoms with Crippen LogP contribution in [0.5, 0.6) is 0 Å². The van der Waals surface area contributed by atoms with Crippen molar-refractivity contribution < 1.29 is 0 Å². The Morgan fingerprint density at radius 2 is 1.93 bits per heavy atom. The lowest BCUT2D eigenvalue weighted by Gasteiger charge is -2.09. The molecule has 0 aliphatic heterocycles. The second-order valence-corrected chi connectivity index (χ2v) is 3.77. The van der Waals surface area contributed by atoms with Crippen molar-refractivity contribution in [1.29, 1.82) is 0 Å². The molecule has 0 saturated heterocycles. The van der Waals surface area contributed by atoms with Gasteiger partial charge in [0, 0.05) is 0 Å². The third-order valence-electron chi connectivity index (χ3n) is 2.86. The highest BCUT2D eigenvalue weighted by Crippen LogP contribution is 2.23. The van der Waals surface area contributed by atoms with Crippen LogP contribution in [0, 0.1) is 0 Å². The van der Waals surface area contributed by atoms with Gasteiger partial charge in [-0.2, -0.15) is 0 Å². The molecule has 0 amide bonds. The average molecular weight is 196 g/mol. The van der Waals surface area contributed by atoms with Crippen LogP contribution in [0.1, 0.15) is 18.1 Å². The summed E-state index contributed by atoms with van der Waals surface area (Å²) >= 11 is 0. The quantitative estimate of drug-likeness (QED) is 0.647. The smallest absolute Gasteiger partial charge is 0.00972 e. The number of hydrogen-bond acceptors (Lipinski definition) is 0. The molecule has 2 aromatic carbocycles. The number of hydrogen-bond donors (Lipinski definition) is 0. The molecule has 0 heteroatoms. The van der Waals surface area contributed by atoms with Crippen LogP contribution in [0.25, 0.3) is 10.8 Å². The normalized spacial score (nSPS) is 10.5. The van der Waals surface area contributed by atoms with Crippen molar-refractivity contribution in [2.45, 2.75) is 19.8 Å². The first-order valence-corrected chi connectivity index (χ1v) is 5.47. The van der Waals surface area contributed by atoms with E-state index in [2.05, 4.69) is 49.9 Å². The van der Waals surface area contributed by atoms with E-state index < -0.39 is 0 Å². The van der Waals surface area contributed by atoms with Gasteiger partial charge in [-0.3, -0.25) is 0 Å². The van der Waals surface area contributed by atoms with Gasteiger partial charge >= 0.3 is 0 Å². The molecule has 2 aromatic rings. The molecule has 0 fully saturated rings. The highest BCUT2D eigenvalue weighted by Gasteiger charge is 2.03. The summed E-state index contributed by atoms with van der Waals surface area (Å²) in [7, 11) is 0. The van der Waals surface area contributed by atoms with Crippen LogP contribution in [0.3, 0.4) is 0 Å². The monoisotopic (exact) mass is 196 g/mol. The summed E-state index contributed by atoms with van der Waals surface area (Å²) in [4.78, 5) is 0. The number of benzene rings is 2. The summed E-state index contributed by atoms with van der Waals surface area (Å²) in [6.45, 7) is 6.03. The molecule has 0 radical (unpaired) electrons. The maximum Gasteiger partial charge on any atom is -0.00972 e. The SMILES string of the molecule is C=CCc1ccc2ccccc2c1CC. The van der Waals surface area contributed by atoms with Crippen LogP contribution in [0.15, 0.2) is 49.1 Å². The van der Waals surface area contributed by atoms with Crippen molar-refractivity contribution in [2.75, 3.05) is 0 Å². The molecule has 0 nitrogen and oxygen atoms in total. The summed E-state index contributed by atoms with van der Waals surface area (Å²) in [5.74, 6) is 0. The van der Waals surface area contributed by atoms with Gasteiger partial charge in [0.1, 0.15) is 0 Å². The van der Waals surface area contributed by atoms with Gasteiger partial charge in [-0.05, 0) is 34.7 Å². The zero-order valence-electron chi connectivity index (χ0n) is 9.16. The first kappa shape index (κ1) is 9.97. The summed E-state index contributed by atoms with van der Waals surface area (Å²) in [6.07, 6.45) is 4.03. The maximum atomic E-state index is 3.81. The summed E-state index contributed by atoms with van der Waals surface area (Å²) in [5, 5.41) is 2.72. The third kappa shape index (κ3) is 1.80. The molecule has 0 spiro atoms. The average Bonchev–Trinajstić information content (AvgIpc) is 2.29. The largest absolute Gasteiger partial charge is 0.103 e. The van der Waals surface area contributed by atoms with Crippen LogP contribution < -0.4 is 0 Å². The Kier molecular flexibility index (Phi) is 2.86. The Bertz CT molecular complexity index is 480. The van der Waals surface area contributed by atoms with Crippen LogP contribution in [0.4, 0.5) is 0 Å². The zero-order valence-corrected chi connectivity index (χ0v) is 9.16. The van der Waals surface area contributed by atoms with E-state index in [4.69, 9.17) is 0 Å². The highest BCUT2D eigenvalue weighted by molar-refractivity contribution is 5.86. The van der Waals surface area contributed by atoms with Gasteiger partial charge in [-0.1, -0.05) is 49.4 Å². The number of fused-ring (bicyclic) bond motifs is 1. The summed E-state index contributed by atoms with van der Waals surface area (Å²) < 4.78 is 0. The Hall–Kier alpha value is -1.56. The molecule has 2 rings (SSSR count). The molecule has 0 aliphatic carbocycles. The van der Waals surface area contributed by atoms with Crippen LogP contribution in [-0.2, 0) is 12.8 Å². The van der Waals surface area contributed by atoms with Crippen molar-refractivity contribution in [3.63, 3.8) is 0 Å². The minimum absolute atomic E-state index is 0.966. The lowest BCUT2D eigenvalue weighted by atomic mass is 9.95. The molecule has 0 atom stereocenters. The Balaban J connectivity index is 2.69. The van der Waals surface area contributed by atoms with Crippen LogP contribution in [0.2, 0.25) is 0 Å². The van der Waals surface area contributed by atoms with Gasteiger partial charge in [0.25, 0.3) is 0 Å². The van der Waals surface area contributed by atoms with Gasteiger partial charge in [-0.25, -0.2) is 0 Å². The molecule has 76 valence electrons. The number of allylic oxidation sites excluding steroid dienone is 1. The predicted molar refractivity (Wildman–Crippen MR) is 67.2 cm³/mol. The lowest BCUT2D eigenvalue weighted by Crippen LogP contribution is -1.92. The maximum absolute atomic E-state index is 3.81. The van der Waals surface area contributed by atoms with E-state index in [1.54, 1.807) is 0 Å². The third-order valence-corrected chi connectivity index (χ3v) is 2.86. The van der Waals surface area contributed by atoms with Gasteiger partial charge in [0.2, 0.25) is 0 Å². The fraction of sp³-hybridized carbons (Fsp3) is 0.200. The van der Waals surface area contributed by atoms with Crippen molar-refractivity contribution in [3.05, 3.63) is 60.2 Å². The standard InChI is InChI=1S/C15H16/c1-3-7-12-10-11-13-8-5-6-9-15(13)14(12)4-2/h3,5-6,8-11H,1,4,7H2,2H3. The Morgan fingerprint density at radius 3 is 2.67 bits per heavy atom. The minimum atomic E-state index is 0.966. The first-order valence-electron chi connectivity index (χ1n) is 5.47. The van der Waals surface area contributed by atoms with Crippen LogP contribution in [-0.4, -0.2) is 0 Å². The van der Waals surface area contributed by atoms with Gasteiger partial charge < -0.3 is 0 Å². The first-order chi connectivity index (χ1) is 7.36. The number of rotatable bonds is 3. The lowest BCUT2D eigenvalue weighted by molar-refractivity contribution is 1.10. The predicted octanol–water partition coefficient (Wildman–Crippen LogP) is 4.13. The van der Waals surface area contributed by atoms with Gasteiger partial charge in [-0.15, -0.1) is 6.58 Å². The molecule has 0 aromatic heterocycles. The van der Waals surface area contributed by atoms with E-state index in [0.29, 0.717) is 0 Å². The fourth-order valence-corrected chi connectivity index (χ4v) is 2.15. The molecule has 0 aliphatic rings. The zero-order chi connectivity index (χ0) is 10.7. The second kappa shape index (κ2) is 4.31. The topological polar surface area (TPSA) is 0 Å². The van der Waals surface area contributed by atoms with Gasteiger partial charge in [0.15, 0.2) is 0 Å². The molecule has 0 saturated carbocycles. The second-order valence-electron chi connectivity index (χ2n) is 3.77. The molecular weight excluding hydrogens is 180 g/mol. The van der Waals surface area contributed by atoms with E-state index in [-0.39, 0.29) is 0 Å². The Labute approximate surface area is 91.2 Å². The van der Waals surface area contributed by atoms with E-state index in [9.17, 15) is 0 Å². The summed E-state index contributed by atoms with van der Waals surface area (Å²) in [5.41, 5.74) is 2.87. The number of aryl methyl sites for hydroxylation is 1. The minimum Gasteiger partial charge on any atom is -0.103 e. The highest BCUT2D eigenvalue weighted by atomic mass is 14.1. The summed E-state index contributed by atoms with van der Waals surface area (Å²) in [6, 6.07) is 13.0. The Morgan fingerprint density at radius 1 is 1.13 bits per heavy atom.